The quantitative estimate of drug-likeness (QED) is 0.542. The molecule has 2 N–H and O–H groups in total. The van der Waals surface area contributed by atoms with Gasteiger partial charge in [-0.25, -0.2) is 0 Å². The zero-order valence-corrected chi connectivity index (χ0v) is 18.1. The van der Waals surface area contributed by atoms with Gasteiger partial charge in [0.15, 0.2) is 5.82 Å². The fourth-order valence-electron chi connectivity index (χ4n) is 4.63. The van der Waals surface area contributed by atoms with Crippen molar-refractivity contribution in [2.75, 3.05) is 18.4 Å². The van der Waals surface area contributed by atoms with Gasteiger partial charge in [0, 0.05) is 42.8 Å². The number of carbonyl (C=O) groups is 2. The first-order chi connectivity index (χ1) is 15.2. The summed E-state index contributed by atoms with van der Waals surface area (Å²) in [5.74, 6) is 1.07. The Hall–Kier alpha value is -2.89. The minimum atomic E-state index is -0.0832. The highest BCUT2D eigenvalue weighted by atomic mass is 16.2. The van der Waals surface area contributed by atoms with Gasteiger partial charge in [-0.3, -0.25) is 14.7 Å². The molecule has 1 aliphatic carbocycles. The Bertz CT molecular complexity index is 889. The molecular weight excluding hydrogens is 388 g/mol. The fourth-order valence-corrected chi connectivity index (χ4v) is 4.63. The number of hydrogen-bond donors (Lipinski definition) is 2. The Morgan fingerprint density at radius 2 is 1.71 bits per heavy atom. The number of piperidine rings is 1. The van der Waals surface area contributed by atoms with E-state index in [2.05, 4.69) is 15.5 Å². The lowest BCUT2D eigenvalue weighted by atomic mass is 9.95. The predicted molar refractivity (Wildman–Crippen MR) is 122 cm³/mol. The highest BCUT2D eigenvalue weighted by Gasteiger charge is 2.27. The molecule has 164 valence electrons. The summed E-state index contributed by atoms with van der Waals surface area (Å²) in [5, 5.41) is 10.4. The zero-order valence-electron chi connectivity index (χ0n) is 18.1. The lowest BCUT2D eigenvalue weighted by molar-refractivity contribution is -0.130. The lowest BCUT2D eigenvalue weighted by Gasteiger charge is -2.30. The molecule has 31 heavy (non-hydrogen) atoms. The number of aromatic amines is 1. The molecule has 1 saturated carbocycles. The molecule has 6 nitrogen and oxygen atoms in total. The van der Waals surface area contributed by atoms with Crippen LogP contribution in [-0.2, 0) is 9.59 Å². The van der Waals surface area contributed by atoms with Crippen molar-refractivity contribution in [2.45, 2.75) is 57.3 Å². The standard InChI is InChI=1S/C25H32N4O2/c30-24(13-12-19-8-4-3-5-9-19)29-16-14-21(15-17-29)25(31)26-23-18-22(27-28-23)20-10-6-1-2-7-11-20/h3-5,8-9,12-13,18,20-21H,1-2,6-7,10-11,14-17H2,(H2,26,27,28,31)/b13-12+. The van der Waals surface area contributed by atoms with E-state index in [1.54, 1.807) is 6.08 Å². The van der Waals surface area contributed by atoms with E-state index in [1.807, 2.05) is 47.4 Å². The first kappa shape index (κ1) is 21.3. The molecular formula is C25H32N4O2. The van der Waals surface area contributed by atoms with E-state index in [0.717, 1.165) is 11.3 Å². The van der Waals surface area contributed by atoms with Gasteiger partial charge in [0.05, 0.1) is 0 Å². The molecule has 0 radical (unpaired) electrons. The van der Waals surface area contributed by atoms with Crippen LogP contribution in [0.5, 0.6) is 0 Å². The predicted octanol–water partition coefficient (Wildman–Crippen LogP) is 4.74. The van der Waals surface area contributed by atoms with Crippen molar-refractivity contribution < 1.29 is 9.59 Å². The zero-order chi connectivity index (χ0) is 21.5. The molecule has 4 rings (SSSR count). The summed E-state index contributed by atoms with van der Waals surface area (Å²) >= 11 is 0. The summed E-state index contributed by atoms with van der Waals surface area (Å²) in [5.41, 5.74) is 2.15. The Kier molecular flexibility index (Phi) is 7.18. The molecule has 1 aromatic carbocycles. The van der Waals surface area contributed by atoms with E-state index in [-0.39, 0.29) is 17.7 Å². The molecule has 0 spiro atoms. The second kappa shape index (κ2) is 10.4. The van der Waals surface area contributed by atoms with Crippen LogP contribution >= 0.6 is 0 Å². The molecule has 0 bridgehead atoms. The third-order valence-corrected chi connectivity index (χ3v) is 6.54. The van der Waals surface area contributed by atoms with E-state index in [4.69, 9.17) is 0 Å². The summed E-state index contributed by atoms with van der Waals surface area (Å²) < 4.78 is 0. The smallest absolute Gasteiger partial charge is 0.246 e. The highest BCUT2D eigenvalue weighted by molar-refractivity contribution is 5.93. The van der Waals surface area contributed by atoms with Crippen LogP contribution in [0.2, 0.25) is 0 Å². The van der Waals surface area contributed by atoms with Crippen molar-refractivity contribution in [2.24, 2.45) is 5.92 Å². The summed E-state index contributed by atoms with van der Waals surface area (Å²) in [4.78, 5) is 27.0. The van der Waals surface area contributed by atoms with Crippen molar-refractivity contribution in [1.82, 2.24) is 15.1 Å². The van der Waals surface area contributed by atoms with Gasteiger partial charge in [0.25, 0.3) is 0 Å². The number of benzene rings is 1. The van der Waals surface area contributed by atoms with Crippen molar-refractivity contribution in [3.63, 3.8) is 0 Å². The molecule has 2 heterocycles. The highest BCUT2D eigenvalue weighted by Crippen LogP contribution is 2.31. The molecule has 0 atom stereocenters. The largest absolute Gasteiger partial charge is 0.339 e. The van der Waals surface area contributed by atoms with E-state index in [1.165, 1.54) is 38.5 Å². The van der Waals surface area contributed by atoms with Crippen LogP contribution in [0.15, 0.2) is 42.5 Å². The van der Waals surface area contributed by atoms with Gasteiger partial charge in [-0.1, -0.05) is 56.0 Å². The van der Waals surface area contributed by atoms with Crippen molar-refractivity contribution in [3.8, 4) is 0 Å². The average molecular weight is 421 g/mol. The monoisotopic (exact) mass is 420 g/mol. The molecule has 1 aliphatic heterocycles. The van der Waals surface area contributed by atoms with Crippen LogP contribution in [0.25, 0.3) is 6.08 Å². The van der Waals surface area contributed by atoms with Crippen molar-refractivity contribution in [1.29, 1.82) is 0 Å². The van der Waals surface area contributed by atoms with Gasteiger partial charge in [-0.05, 0) is 37.3 Å². The van der Waals surface area contributed by atoms with Gasteiger partial charge in [0.2, 0.25) is 11.8 Å². The molecule has 2 fully saturated rings. The van der Waals surface area contributed by atoms with Gasteiger partial charge in [-0.2, -0.15) is 5.10 Å². The maximum Gasteiger partial charge on any atom is 0.246 e. The van der Waals surface area contributed by atoms with E-state index < -0.39 is 0 Å². The lowest BCUT2D eigenvalue weighted by Crippen LogP contribution is -2.40. The van der Waals surface area contributed by atoms with Crippen LogP contribution in [0.1, 0.15) is 68.5 Å². The third kappa shape index (κ3) is 5.84. The number of amides is 2. The second-order valence-electron chi connectivity index (χ2n) is 8.73. The van der Waals surface area contributed by atoms with E-state index in [0.29, 0.717) is 37.7 Å². The average Bonchev–Trinajstić information content (AvgIpc) is 3.10. The first-order valence-corrected chi connectivity index (χ1v) is 11.6. The topological polar surface area (TPSA) is 78.1 Å². The normalized spacial score (nSPS) is 18.8. The SMILES string of the molecule is O=C(Nc1cc(C2CCCCCC2)[nH]n1)C1CCN(C(=O)/C=C/c2ccccc2)CC1. The van der Waals surface area contributed by atoms with Gasteiger partial charge < -0.3 is 10.2 Å². The molecule has 6 heteroatoms. The molecule has 2 amide bonds. The number of anilines is 1. The van der Waals surface area contributed by atoms with Crippen LogP contribution in [0.4, 0.5) is 5.82 Å². The molecule has 1 saturated heterocycles. The minimum Gasteiger partial charge on any atom is -0.339 e. The number of H-pyrrole nitrogens is 1. The molecule has 2 aromatic rings. The van der Waals surface area contributed by atoms with Gasteiger partial charge in [0.1, 0.15) is 0 Å². The molecule has 1 aromatic heterocycles. The maximum absolute atomic E-state index is 12.7. The Labute approximate surface area is 184 Å². The number of carbonyl (C=O) groups excluding carboxylic acids is 2. The number of hydrogen-bond acceptors (Lipinski definition) is 3. The van der Waals surface area contributed by atoms with Crippen LogP contribution in [-0.4, -0.2) is 40.0 Å². The Balaban J connectivity index is 1.25. The maximum atomic E-state index is 12.7. The summed E-state index contributed by atoms with van der Waals surface area (Å²) in [6.45, 7) is 1.20. The number of rotatable bonds is 5. The molecule has 0 unspecified atom stereocenters. The number of likely N-dealkylation sites (tertiary alicyclic amines) is 1. The van der Waals surface area contributed by atoms with Gasteiger partial charge >= 0.3 is 0 Å². The van der Waals surface area contributed by atoms with Gasteiger partial charge in [-0.15, -0.1) is 0 Å². The first-order valence-electron chi connectivity index (χ1n) is 11.6. The summed E-state index contributed by atoms with van der Waals surface area (Å²) in [6.07, 6.45) is 12.4. The van der Waals surface area contributed by atoms with E-state index in [9.17, 15) is 9.59 Å². The third-order valence-electron chi connectivity index (χ3n) is 6.54. The van der Waals surface area contributed by atoms with Crippen LogP contribution in [0.3, 0.4) is 0 Å². The Morgan fingerprint density at radius 1 is 1.00 bits per heavy atom. The second-order valence-corrected chi connectivity index (χ2v) is 8.73. The van der Waals surface area contributed by atoms with Crippen LogP contribution < -0.4 is 5.32 Å². The van der Waals surface area contributed by atoms with Crippen molar-refractivity contribution in [3.05, 3.63) is 53.7 Å². The fraction of sp³-hybridized carbons (Fsp3) is 0.480. The number of nitrogens with zero attached hydrogens (tertiary/aromatic N) is 2. The van der Waals surface area contributed by atoms with E-state index >= 15 is 0 Å². The number of nitrogens with one attached hydrogen (secondary N) is 2. The summed E-state index contributed by atoms with van der Waals surface area (Å²) in [6, 6.07) is 11.8. The summed E-state index contributed by atoms with van der Waals surface area (Å²) in [7, 11) is 0. The minimum absolute atomic E-state index is 0.00283. The number of aromatic nitrogens is 2. The van der Waals surface area contributed by atoms with Crippen LogP contribution in [0, 0.1) is 5.92 Å². The van der Waals surface area contributed by atoms with Crippen molar-refractivity contribution >= 4 is 23.7 Å². The molecule has 2 aliphatic rings. The Morgan fingerprint density at radius 3 is 2.42 bits per heavy atom.